The average molecular weight is 330 g/mol. The fourth-order valence-corrected chi connectivity index (χ4v) is 0. The Morgan fingerprint density at radius 2 is 0.500 bits per heavy atom. The molecule has 0 aromatic heterocycles. The first kappa shape index (κ1) is 113. The monoisotopic (exact) mass is 327 g/mol. The van der Waals surface area contributed by atoms with Crippen LogP contribution in [-0.2, 0) is 0 Å². The third-order valence-corrected chi connectivity index (χ3v) is 0. The van der Waals surface area contributed by atoms with Crippen LogP contribution in [0.5, 0.6) is 0 Å². The van der Waals surface area contributed by atoms with Gasteiger partial charge in [-0.3, -0.25) is 0 Å². The van der Waals surface area contributed by atoms with Gasteiger partial charge in [0.1, 0.15) is 0 Å². The van der Waals surface area contributed by atoms with E-state index < -0.39 is 0 Å². The van der Waals surface area contributed by atoms with Crippen LogP contribution < -0.4 is 34.0 Å². The van der Waals surface area contributed by atoms with Crippen molar-refractivity contribution in [2.45, 2.75) is 22.3 Å². The van der Waals surface area contributed by atoms with Crippen molar-refractivity contribution in [1.82, 2.24) is 0 Å². The molecule has 0 bridgehead atoms. The first-order valence-corrected chi connectivity index (χ1v) is 0. The van der Waals surface area contributed by atoms with E-state index in [1.54, 1.807) is 0 Å². The molecule has 0 saturated heterocycles. The summed E-state index contributed by atoms with van der Waals surface area (Å²) in [6.45, 7) is 0. The van der Waals surface area contributed by atoms with Crippen LogP contribution in [0, 0.1) is 0 Å². The van der Waals surface area contributed by atoms with Gasteiger partial charge < -0.3 is 34.0 Å². The van der Waals surface area contributed by atoms with Crippen LogP contribution >= 0.6 is 0 Å². The summed E-state index contributed by atoms with van der Waals surface area (Å²) in [5.74, 6) is 0. The summed E-state index contributed by atoms with van der Waals surface area (Å²) in [4.78, 5) is 0. The molecule has 3 heteroatoms. The molecule has 0 aliphatic carbocycles. The quantitative estimate of drug-likeness (QED) is 0.393. The standard InChI is InChI=1S/3CH4.2BrH.Sb/h3*1H4;2*1H;/p-2. The van der Waals surface area contributed by atoms with E-state index in [-0.39, 0.29) is 80.7 Å². The predicted molar refractivity (Wildman–Crippen MR) is 25.9 cm³/mol. The summed E-state index contributed by atoms with van der Waals surface area (Å²) in [5.41, 5.74) is 0. The van der Waals surface area contributed by atoms with E-state index in [1.807, 2.05) is 0 Å². The molecular formula is C3H12Br2Sb-2. The predicted octanol–water partition coefficient (Wildman–Crippen LogP) is -4.46. The van der Waals surface area contributed by atoms with Gasteiger partial charge in [0.25, 0.3) is 0 Å². The van der Waals surface area contributed by atoms with Gasteiger partial charge in [0, 0.05) is 24.4 Å². The topological polar surface area (TPSA) is 0 Å². The Bertz CT molecular complexity index is 8.75. The summed E-state index contributed by atoms with van der Waals surface area (Å²) >= 11 is 0. The van der Waals surface area contributed by atoms with E-state index in [9.17, 15) is 0 Å². The molecule has 45 valence electrons. The fourth-order valence-electron chi connectivity index (χ4n) is 0. The SMILES string of the molecule is C.C.C.[Br-].[Br-].[Sb]. The zero-order chi connectivity index (χ0) is 0. The van der Waals surface area contributed by atoms with Crippen LogP contribution in [-0.4, -0.2) is 24.4 Å². The molecule has 0 unspecified atom stereocenters. The van der Waals surface area contributed by atoms with Crippen molar-refractivity contribution in [3.8, 4) is 0 Å². The molecule has 0 N–H and O–H groups in total. The maximum Gasteiger partial charge on any atom is 0 e. The van der Waals surface area contributed by atoms with Crippen LogP contribution in [0.4, 0.5) is 0 Å². The Kier molecular flexibility index (Phi) is 1350. The third kappa shape index (κ3) is 41.7. The zero-order valence-corrected chi connectivity index (χ0v) is 6.93. The molecule has 0 heterocycles. The molecular weight excluding hydrogens is 318 g/mol. The molecule has 0 saturated carbocycles. The Hall–Kier alpha value is 1.78. The van der Waals surface area contributed by atoms with Crippen molar-refractivity contribution in [2.24, 2.45) is 0 Å². The van der Waals surface area contributed by atoms with Crippen LogP contribution in [0.1, 0.15) is 22.3 Å². The Morgan fingerprint density at radius 1 is 0.500 bits per heavy atom. The smallest absolute Gasteiger partial charge is 0 e. The van der Waals surface area contributed by atoms with Gasteiger partial charge in [0.15, 0.2) is 0 Å². The van der Waals surface area contributed by atoms with E-state index >= 15 is 0 Å². The van der Waals surface area contributed by atoms with Gasteiger partial charge in [-0.25, -0.2) is 0 Å². The molecule has 0 amide bonds. The van der Waals surface area contributed by atoms with Gasteiger partial charge in [-0.05, 0) is 0 Å². The first-order valence-electron chi connectivity index (χ1n) is 0. The maximum atomic E-state index is 0. The van der Waals surface area contributed by atoms with Gasteiger partial charge in [0.2, 0.25) is 0 Å². The first-order chi connectivity index (χ1) is 0. The minimum absolute atomic E-state index is 0. The second kappa shape index (κ2) is 71.6. The number of hydrogen-bond acceptors (Lipinski definition) is 0. The minimum atomic E-state index is 0. The number of halogens is 2. The van der Waals surface area contributed by atoms with Crippen molar-refractivity contribution in [3.05, 3.63) is 0 Å². The Balaban J connectivity index is 0. The molecule has 0 atom stereocenters. The molecule has 0 fully saturated rings. The molecule has 0 aliphatic heterocycles. The molecule has 0 spiro atoms. The largest absolute Gasteiger partial charge is 1.00 e. The van der Waals surface area contributed by atoms with Crippen LogP contribution in [0.3, 0.4) is 0 Å². The summed E-state index contributed by atoms with van der Waals surface area (Å²) in [6.07, 6.45) is 0. The van der Waals surface area contributed by atoms with Gasteiger partial charge in [0.05, 0.1) is 0 Å². The van der Waals surface area contributed by atoms with Crippen molar-refractivity contribution in [3.63, 3.8) is 0 Å². The van der Waals surface area contributed by atoms with E-state index in [0.717, 1.165) is 0 Å². The van der Waals surface area contributed by atoms with Crippen LogP contribution in [0.2, 0.25) is 0 Å². The molecule has 0 aromatic rings. The van der Waals surface area contributed by atoms with E-state index in [4.69, 9.17) is 0 Å². The number of hydrogen-bond donors (Lipinski definition) is 0. The molecule has 0 rings (SSSR count). The summed E-state index contributed by atoms with van der Waals surface area (Å²) in [5, 5.41) is 0. The van der Waals surface area contributed by atoms with E-state index in [1.165, 1.54) is 0 Å². The van der Waals surface area contributed by atoms with Crippen molar-refractivity contribution in [2.75, 3.05) is 0 Å². The van der Waals surface area contributed by atoms with Gasteiger partial charge in [-0.2, -0.15) is 0 Å². The summed E-state index contributed by atoms with van der Waals surface area (Å²) in [7, 11) is 0. The summed E-state index contributed by atoms with van der Waals surface area (Å²) < 4.78 is 0. The summed E-state index contributed by atoms with van der Waals surface area (Å²) in [6, 6.07) is 0. The minimum Gasteiger partial charge on any atom is -1.00 e. The molecule has 0 aliphatic rings. The Morgan fingerprint density at radius 3 is 0.500 bits per heavy atom. The van der Waals surface area contributed by atoms with Crippen molar-refractivity contribution in [1.29, 1.82) is 0 Å². The molecule has 0 nitrogen and oxygen atoms in total. The fraction of sp³-hybridized carbons (Fsp3) is 1.00. The number of rotatable bonds is 0. The van der Waals surface area contributed by atoms with E-state index in [2.05, 4.69) is 0 Å². The van der Waals surface area contributed by atoms with Crippen LogP contribution in [0.15, 0.2) is 0 Å². The Labute approximate surface area is 80.1 Å². The zero-order valence-electron chi connectivity index (χ0n) is 1.20. The molecule has 0 aromatic carbocycles. The normalized spacial score (nSPS) is 0. The molecule has 3 radical (unpaired) electrons. The van der Waals surface area contributed by atoms with Gasteiger partial charge in [-0.1, -0.05) is 22.3 Å². The van der Waals surface area contributed by atoms with Crippen molar-refractivity contribution >= 4 is 24.4 Å². The van der Waals surface area contributed by atoms with E-state index in [0.29, 0.717) is 0 Å². The van der Waals surface area contributed by atoms with Gasteiger partial charge in [-0.15, -0.1) is 0 Å². The average Bonchev–Trinajstić information content (AvgIpc) is 0. The second-order valence-corrected chi connectivity index (χ2v) is 0. The van der Waals surface area contributed by atoms with Gasteiger partial charge >= 0.3 is 0 Å². The second-order valence-electron chi connectivity index (χ2n) is 0. The molecule has 6 heavy (non-hydrogen) atoms. The maximum absolute atomic E-state index is 0. The van der Waals surface area contributed by atoms with Crippen LogP contribution in [0.25, 0.3) is 0 Å². The third-order valence-electron chi connectivity index (χ3n) is 0. The van der Waals surface area contributed by atoms with Crippen molar-refractivity contribution < 1.29 is 34.0 Å².